The average Bonchev–Trinajstić information content (AvgIpc) is 2.51. The van der Waals surface area contributed by atoms with Gasteiger partial charge in [0.05, 0.1) is 18.8 Å². The first-order valence-electron chi connectivity index (χ1n) is 5.31. The summed E-state index contributed by atoms with van der Waals surface area (Å²) in [5.41, 5.74) is 0. The van der Waals surface area contributed by atoms with Gasteiger partial charge in [0.2, 0.25) is 0 Å². The van der Waals surface area contributed by atoms with Crippen molar-refractivity contribution in [3.63, 3.8) is 0 Å². The highest BCUT2D eigenvalue weighted by atomic mass is 16.5. The Morgan fingerprint density at radius 3 is 2.85 bits per heavy atom. The minimum atomic E-state index is -0.0923. The summed E-state index contributed by atoms with van der Waals surface area (Å²) in [6.45, 7) is 4.91. The SMILES string of the molecule is CC1CN([C@@H]2CCC[C@H]2O)CCO1. The van der Waals surface area contributed by atoms with Crippen LogP contribution >= 0.6 is 0 Å². The zero-order valence-corrected chi connectivity index (χ0v) is 8.28. The number of aliphatic hydroxyl groups is 1. The summed E-state index contributed by atoms with van der Waals surface area (Å²) in [4.78, 5) is 2.39. The van der Waals surface area contributed by atoms with E-state index in [1.807, 2.05) is 0 Å². The molecule has 1 aliphatic carbocycles. The van der Waals surface area contributed by atoms with Crippen LogP contribution in [0, 0.1) is 0 Å². The quantitative estimate of drug-likeness (QED) is 0.650. The van der Waals surface area contributed by atoms with E-state index in [2.05, 4.69) is 11.8 Å². The first kappa shape index (κ1) is 9.44. The molecule has 2 aliphatic rings. The van der Waals surface area contributed by atoms with Gasteiger partial charge in [0, 0.05) is 19.1 Å². The Labute approximate surface area is 79.7 Å². The van der Waals surface area contributed by atoms with Crippen LogP contribution in [0.5, 0.6) is 0 Å². The average molecular weight is 185 g/mol. The van der Waals surface area contributed by atoms with E-state index in [1.54, 1.807) is 0 Å². The first-order chi connectivity index (χ1) is 6.27. The number of hydrogen-bond acceptors (Lipinski definition) is 3. The van der Waals surface area contributed by atoms with E-state index in [0.29, 0.717) is 12.1 Å². The van der Waals surface area contributed by atoms with Gasteiger partial charge in [0.15, 0.2) is 0 Å². The van der Waals surface area contributed by atoms with Crippen molar-refractivity contribution in [2.75, 3.05) is 19.7 Å². The van der Waals surface area contributed by atoms with Gasteiger partial charge >= 0.3 is 0 Å². The van der Waals surface area contributed by atoms with Crippen LogP contribution in [0.3, 0.4) is 0 Å². The molecule has 2 fully saturated rings. The monoisotopic (exact) mass is 185 g/mol. The highest BCUT2D eigenvalue weighted by Crippen LogP contribution is 2.25. The predicted octanol–water partition coefficient (Wildman–Crippen LogP) is 0.621. The van der Waals surface area contributed by atoms with E-state index in [1.165, 1.54) is 6.42 Å². The van der Waals surface area contributed by atoms with Crippen LogP contribution in [-0.2, 0) is 4.74 Å². The van der Waals surface area contributed by atoms with Gasteiger partial charge < -0.3 is 9.84 Å². The van der Waals surface area contributed by atoms with Crippen LogP contribution in [-0.4, -0.2) is 48.0 Å². The summed E-state index contributed by atoms with van der Waals surface area (Å²) >= 11 is 0. The molecule has 76 valence electrons. The molecule has 1 heterocycles. The van der Waals surface area contributed by atoms with Crippen LogP contribution in [0.25, 0.3) is 0 Å². The second-order valence-electron chi connectivity index (χ2n) is 4.24. The highest BCUT2D eigenvalue weighted by molar-refractivity contribution is 4.87. The maximum Gasteiger partial charge on any atom is 0.0695 e. The van der Waals surface area contributed by atoms with Crippen molar-refractivity contribution >= 4 is 0 Å². The lowest BCUT2D eigenvalue weighted by molar-refractivity contribution is -0.0508. The molecule has 0 spiro atoms. The summed E-state index contributed by atoms with van der Waals surface area (Å²) in [7, 11) is 0. The van der Waals surface area contributed by atoms with Gasteiger partial charge in [0.1, 0.15) is 0 Å². The second kappa shape index (κ2) is 3.95. The summed E-state index contributed by atoms with van der Waals surface area (Å²) in [6, 6.07) is 0.409. The standard InChI is InChI=1S/C10H19NO2/c1-8-7-11(5-6-13-8)9-3-2-4-10(9)12/h8-10,12H,2-7H2,1H3/t8?,9-,10-/m1/s1. The van der Waals surface area contributed by atoms with Gasteiger partial charge in [-0.2, -0.15) is 0 Å². The Kier molecular flexibility index (Phi) is 2.86. The molecule has 13 heavy (non-hydrogen) atoms. The number of ether oxygens (including phenoxy) is 1. The van der Waals surface area contributed by atoms with Crippen molar-refractivity contribution in [3.8, 4) is 0 Å². The molecule has 3 heteroatoms. The molecular formula is C10H19NO2. The lowest BCUT2D eigenvalue weighted by atomic mass is 10.1. The third-order valence-corrected chi connectivity index (χ3v) is 3.19. The van der Waals surface area contributed by atoms with E-state index < -0.39 is 0 Å². The van der Waals surface area contributed by atoms with E-state index in [9.17, 15) is 5.11 Å². The molecule has 1 aliphatic heterocycles. The minimum Gasteiger partial charge on any atom is -0.391 e. The first-order valence-corrected chi connectivity index (χ1v) is 5.31. The van der Waals surface area contributed by atoms with Crippen LogP contribution in [0.4, 0.5) is 0 Å². The Balaban J connectivity index is 1.91. The van der Waals surface area contributed by atoms with Crippen LogP contribution in [0.1, 0.15) is 26.2 Å². The Morgan fingerprint density at radius 1 is 1.38 bits per heavy atom. The third kappa shape index (κ3) is 2.03. The fourth-order valence-electron chi connectivity index (χ4n) is 2.49. The number of hydrogen-bond donors (Lipinski definition) is 1. The van der Waals surface area contributed by atoms with E-state index in [0.717, 1.165) is 32.5 Å². The van der Waals surface area contributed by atoms with E-state index in [-0.39, 0.29) is 6.10 Å². The molecule has 2 rings (SSSR count). The zero-order chi connectivity index (χ0) is 9.26. The fraction of sp³-hybridized carbons (Fsp3) is 1.00. The second-order valence-corrected chi connectivity index (χ2v) is 4.24. The van der Waals surface area contributed by atoms with Gasteiger partial charge in [-0.15, -0.1) is 0 Å². The van der Waals surface area contributed by atoms with Crippen molar-refractivity contribution in [2.45, 2.75) is 44.4 Å². The van der Waals surface area contributed by atoms with Crippen LogP contribution in [0.2, 0.25) is 0 Å². The molecule has 0 aromatic carbocycles. The number of rotatable bonds is 1. The number of nitrogens with zero attached hydrogens (tertiary/aromatic N) is 1. The molecule has 1 unspecified atom stereocenters. The van der Waals surface area contributed by atoms with E-state index in [4.69, 9.17) is 4.74 Å². The van der Waals surface area contributed by atoms with Gasteiger partial charge in [-0.25, -0.2) is 0 Å². The van der Waals surface area contributed by atoms with Crippen molar-refractivity contribution in [2.24, 2.45) is 0 Å². The number of aliphatic hydroxyl groups excluding tert-OH is 1. The normalized spacial score (nSPS) is 42.5. The van der Waals surface area contributed by atoms with Crippen molar-refractivity contribution in [3.05, 3.63) is 0 Å². The Bertz CT molecular complexity index is 174. The van der Waals surface area contributed by atoms with Crippen molar-refractivity contribution < 1.29 is 9.84 Å². The van der Waals surface area contributed by atoms with Gasteiger partial charge in [-0.3, -0.25) is 4.90 Å². The topological polar surface area (TPSA) is 32.7 Å². The molecule has 0 aromatic heterocycles. The highest BCUT2D eigenvalue weighted by Gasteiger charge is 2.32. The lowest BCUT2D eigenvalue weighted by Crippen LogP contribution is -2.49. The van der Waals surface area contributed by atoms with Gasteiger partial charge in [-0.05, 0) is 26.2 Å². The molecular weight excluding hydrogens is 166 g/mol. The maximum atomic E-state index is 9.74. The van der Waals surface area contributed by atoms with Crippen molar-refractivity contribution in [1.29, 1.82) is 0 Å². The molecule has 0 amide bonds. The largest absolute Gasteiger partial charge is 0.391 e. The van der Waals surface area contributed by atoms with E-state index >= 15 is 0 Å². The molecule has 3 nitrogen and oxygen atoms in total. The molecule has 1 saturated heterocycles. The van der Waals surface area contributed by atoms with Gasteiger partial charge in [-0.1, -0.05) is 0 Å². The molecule has 0 radical (unpaired) electrons. The molecule has 1 N–H and O–H groups in total. The maximum absolute atomic E-state index is 9.74. The molecule has 1 saturated carbocycles. The smallest absolute Gasteiger partial charge is 0.0695 e. The lowest BCUT2D eigenvalue weighted by Gasteiger charge is -2.36. The van der Waals surface area contributed by atoms with Crippen LogP contribution in [0.15, 0.2) is 0 Å². The predicted molar refractivity (Wildman–Crippen MR) is 50.6 cm³/mol. The van der Waals surface area contributed by atoms with Gasteiger partial charge in [0.25, 0.3) is 0 Å². The van der Waals surface area contributed by atoms with Crippen LogP contribution < -0.4 is 0 Å². The van der Waals surface area contributed by atoms with Crippen molar-refractivity contribution in [1.82, 2.24) is 4.90 Å². The summed E-state index contributed by atoms with van der Waals surface area (Å²) in [6.07, 6.45) is 3.56. The summed E-state index contributed by atoms with van der Waals surface area (Å²) in [5.74, 6) is 0. The molecule has 3 atom stereocenters. The molecule has 0 aromatic rings. The summed E-state index contributed by atoms with van der Waals surface area (Å²) < 4.78 is 5.48. The minimum absolute atomic E-state index is 0.0923. The zero-order valence-electron chi connectivity index (χ0n) is 8.28. The Morgan fingerprint density at radius 2 is 2.23 bits per heavy atom. The number of morpholine rings is 1. The summed E-state index contributed by atoms with van der Waals surface area (Å²) in [5, 5.41) is 9.74. The molecule has 0 bridgehead atoms. The Hall–Kier alpha value is -0.120. The fourth-order valence-corrected chi connectivity index (χ4v) is 2.49. The third-order valence-electron chi connectivity index (χ3n) is 3.19.